The maximum absolute atomic E-state index is 9.12. The van der Waals surface area contributed by atoms with Gasteiger partial charge in [0.1, 0.15) is 6.07 Å². The van der Waals surface area contributed by atoms with Crippen molar-refractivity contribution in [3.8, 4) is 6.07 Å². The number of nitrogens with zero attached hydrogens (tertiary/aromatic N) is 2. The van der Waals surface area contributed by atoms with Gasteiger partial charge >= 0.3 is 0 Å². The highest BCUT2D eigenvalue weighted by Crippen LogP contribution is 2.24. The van der Waals surface area contributed by atoms with Gasteiger partial charge in [-0.3, -0.25) is 0 Å². The molecule has 0 heterocycles. The lowest BCUT2D eigenvalue weighted by Gasteiger charge is -2.29. The second-order valence-corrected chi connectivity index (χ2v) is 4.98. The van der Waals surface area contributed by atoms with Crippen LogP contribution < -0.4 is 10.6 Å². The van der Waals surface area contributed by atoms with Crippen LogP contribution in [-0.4, -0.2) is 13.1 Å². The van der Waals surface area contributed by atoms with E-state index in [2.05, 4.69) is 31.7 Å². The molecule has 1 unspecified atom stereocenters. The summed E-state index contributed by atoms with van der Waals surface area (Å²) in [5.74, 6) is 0.645. The average Bonchev–Trinajstić information content (AvgIpc) is 2.27. The summed E-state index contributed by atoms with van der Waals surface area (Å²) in [5, 5.41) is 9.12. The van der Waals surface area contributed by atoms with Gasteiger partial charge in [-0.25, -0.2) is 0 Å². The molecule has 1 rings (SSSR count). The van der Waals surface area contributed by atoms with Gasteiger partial charge in [0.05, 0.1) is 11.3 Å². The fraction of sp³-hybridized carbons (Fsp3) is 0.500. The molecule has 0 fully saturated rings. The number of nitriles is 1. The predicted octanol–water partition coefficient (Wildman–Crippen LogP) is 3.01. The average molecular weight is 231 g/mol. The Kier molecular flexibility index (Phi) is 4.39. The zero-order valence-electron chi connectivity index (χ0n) is 11.1. The molecule has 1 atom stereocenters. The minimum Gasteiger partial charge on any atom is -0.399 e. The van der Waals surface area contributed by atoms with E-state index in [1.54, 1.807) is 6.07 Å². The zero-order chi connectivity index (χ0) is 13.0. The van der Waals surface area contributed by atoms with Crippen LogP contribution >= 0.6 is 0 Å². The topological polar surface area (TPSA) is 53.0 Å². The first kappa shape index (κ1) is 13.4. The van der Waals surface area contributed by atoms with Crippen LogP contribution in [0.2, 0.25) is 0 Å². The molecule has 0 bridgehead atoms. The summed E-state index contributed by atoms with van der Waals surface area (Å²) in [6.45, 7) is 6.59. The van der Waals surface area contributed by atoms with Crippen molar-refractivity contribution in [2.24, 2.45) is 5.92 Å². The molecule has 0 radical (unpaired) electrons. The summed E-state index contributed by atoms with van der Waals surface area (Å²) in [7, 11) is 2.03. The molecule has 0 spiro atoms. The van der Waals surface area contributed by atoms with Crippen LogP contribution in [0.15, 0.2) is 18.2 Å². The number of rotatable bonds is 4. The molecule has 2 N–H and O–H groups in total. The lowest BCUT2D eigenvalue weighted by molar-refractivity contribution is 0.504. The van der Waals surface area contributed by atoms with Gasteiger partial charge in [-0.15, -0.1) is 0 Å². The van der Waals surface area contributed by atoms with E-state index in [9.17, 15) is 0 Å². The van der Waals surface area contributed by atoms with Crippen LogP contribution in [0.25, 0.3) is 0 Å². The maximum atomic E-state index is 9.12. The largest absolute Gasteiger partial charge is 0.399 e. The monoisotopic (exact) mass is 231 g/mol. The van der Waals surface area contributed by atoms with Crippen molar-refractivity contribution in [1.82, 2.24) is 0 Å². The molecule has 0 aliphatic carbocycles. The van der Waals surface area contributed by atoms with Crippen LogP contribution in [0.1, 0.15) is 32.8 Å². The highest BCUT2D eigenvalue weighted by molar-refractivity contribution is 5.64. The number of nitrogens with two attached hydrogens (primary N) is 1. The number of hydrogen-bond acceptors (Lipinski definition) is 3. The van der Waals surface area contributed by atoms with E-state index in [1.165, 1.54) is 0 Å². The minimum absolute atomic E-state index is 0.408. The molecule has 0 amide bonds. The Bertz CT molecular complexity index is 418. The fourth-order valence-corrected chi connectivity index (χ4v) is 2.03. The predicted molar refractivity (Wildman–Crippen MR) is 72.9 cm³/mol. The van der Waals surface area contributed by atoms with E-state index in [0.717, 1.165) is 12.1 Å². The summed E-state index contributed by atoms with van der Waals surface area (Å²) in [4.78, 5) is 2.15. The van der Waals surface area contributed by atoms with Gasteiger partial charge in [-0.1, -0.05) is 13.8 Å². The lowest BCUT2D eigenvalue weighted by atomic mass is 10.0. The van der Waals surface area contributed by atoms with Crippen LogP contribution in [0.5, 0.6) is 0 Å². The molecule has 3 nitrogen and oxygen atoms in total. The smallest absolute Gasteiger partial charge is 0.101 e. The van der Waals surface area contributed by atoms with E-state index in [0.29, 0.717) is 23.2 Å². The summed E-state index contributed by atoms with van der Waals surface area (Å²) in [5.41, 5.74) is 7.92. The van der Waals surface area contributed by atoms with E-state index in [1.807, 2.05) is 19.2 Å². The molecule has 0 saturated heterocycles. The van der Waals surface area contributed by atoms with Crippen molar-refractivity contribution in [1.29, 1.82) is 5.26 Å². The molecule has 0 saturated carbocycles. The Morgan fingerprint density at radius 1 is 1.35 bits per heavy atom. The normalized spacial score (nSPS) is 12.2. The number of nitrogen functional groups attached to an aromatic ring is 1. The molecular weight excluding hydrogens is 210 g/mol. The van der Waals surface area contributed by atoms with Gasteiger partial charge in [0.25, 0.3) is 0 Å². The van der Waals surface area contributed by atoms with Crippen molar-refractivity contribution in [2.45, 2.75) is 33.2 Å². The van der Waals surface area contributed by atoms with Crippen LogP contribution in [-0.2, 0) is 0 Å². The summed E-state index contributed by atoms with van der Waals surface area (Å²) >= 11 is 0. The Balaban J connectivity index is 2.96. The zero-order valence-corrected chi connectivity index (χ0v) is 11.1. The first-order valence-electron chi connectivity index (χ1n) is 5.98. The summed E-state index contributed by atoms with van der Waals surface area (Å²) in [6, 6.07) is 8.11. The van der Waals surface area contributed by atoms with Gasteiger partial charge in [-0.05, 0) is 37.5 Å². The number of benzene rings is 1. The lowest BCUT2D eigenvalue weighted by Crippen LogP contribution is -2.30. The van der Waals surface area contributed by atoms with E-state index >= 15 is 0 Å². The standard InChI is InChI=1S/C14H21N3/c1-10(2)7-11(3)17(4)14-6-5-13(16)8-12(14)9-15/h5-6,8,10-11H,7,16H2,1-4H3. The first-order chi connectivity index (χ1) is 7.95. The molecule has 0 aliphatic heterocycles. The third-order valence-corrected chi connectivity index (χ3v) is 2.99. The Morgan fingerprint density at radius 3 is 2.53 bits per heavy atom. The highest BCUT2D eigenvalue weighted by Gasteiger charge is 2.14. The van der Waals surface area contributed by atoms with E-state index < -0.39 is 0 Å². The molecule has 0 aromatic heterocycles. The first-order valence-corrected chi connectivity index (χ1v) is 5.98. The molecule has 92 valence electrons. The van der Waals surface area contributed by atoms with Crippen molar-refractivity contribution in [2.75, 3.05) is 17.7 Å². The SMILES string of the molecule is CC(C)CC(C)N(C)c1ccc(N)cc1C#N. The third-order valence-electron chi connectivity index (χ3n) is 2.99. The Morgan fingerprint density at radius 2 is 2.00 bits per heavy atom. The summed E-state index contributed by atoms with van der Waals surface area (Å²) < 4.78 is 0. The van der Waals surface area contributed by atoms with Gasteiger partial charge in [0, 0.05) is 18.8 Å². The molecular formula is C14H21N3. The van der Waals surface area contributed by atoms with Gasteiger partial charge in [-0.2, -0.15) is 5.26 Å². The van der Waals surface area contributed by atoms with Gasteiger partial charge < -0.3 is 10.6 Å². The number of hydrogen-bond donors (Lipinski definition) is 1. The minimum atomic E-state index is 0.408. The molecule has 0 aliphatic rings. The fourth-order valence-electron chi connectivity index (χ4n) is 2.03. The van der Waals surface area contributed by atoms with E-state index in [-0.39, 0.29) is 0 Å². The van der Waals surface area contributed by atoms with Crippen LogP contribution in [0.4, 0.5) is 11.4 Å². The van der Waals surface area contributed by atoms with Gasteiger partial charge in [0.2, 0.25) is 0 Å². The van der Waals surface area contributed by atoms with Gasteiger partial charge in [0.15, 0.2) is 0 Å². The molecule has 1 aromatic carbocycles. The van der Waals surface area contributed by atoms with Crippen molar-refractivity contribution in [3.05, 3.63) is 23.8 Å². The van der Waals surface area contributed by atoms with Crippen molar-refractivity contribution in [3.63, 3.8) is 0 Å². The van der Waals surface area contributed by atoms with Crippen LogP contribution in [0, 0.1) is 17.2 Å². The Hall–Kier alpha value is -1.69. The molecule has 3 heteroatoms. The third kappa shape index (κ3) is 3.39. The quantitative estimate of drug-likeness (QED) is 0.810. The maximum Gasteiger partial charge on any atom is 0.101 e. The second kappa shape index (κ2) is 5.58. The Labute approximate surface area is 104 Å². The second-order valence-electron chi connectivity index (χ2n) is 4.98. The molecule has 17 heavy (non-hydrogen) atoms. The van der Waals surface area contributed by atoms with E-state index in [4.69, 9.17) is 11.0 Å². The molecule has 1 aromatic rings. The summed E-state index contributed by atoms with van der Waals surface area (Å²) in [6.07, 6.45) is 1.10. The highest BCUT2D eigenvalue weighted by atomic mass is 15.1. The number of anilines is 2. The van der Waals surface area contributed by atoms with Crippen molar-refractivity contribution >= 4 is 11.4 Å². The van der Waals surface area contributed by atoms with Crippen LogP contribution in [0.3, 0.4) is 0 Å². The van der Waals surface area contributed by atoms with Crippen molar-refractivity contribution < 1.29 is 0 Å².